The molecule has 72 valence electrons. The normalized spacial score (nSPS) is 10.5. The molecule has 0 fully saturated rings. The summed E-state index contributed by atoms with van der Waals surface area (Å²) in [5, 5.41) is 0. The van der Waals surface area contributed by atoms with Crippen molar-refractivity contribution in [3.8, 4) is 11.3 Å². The van der Waals surface area contributed by atoms with Gasteiger partial charge < -0.3 is 0 Å². The van der Waals surface area contributed by atoms with Gasteiger partial charge in [-0.15, -0.1) is 0 Å². The van der Waals surface area contributed by atoms with Gasteiger partial charge in [0.15, 0.2) is 0 Å². The summed E-state index contributed by atoms with van der Waals surface area (Å²) in [4.78, 5) is 0. The van der Waals surface area contributed by atoms with Crippen molar-refractivity contribution in [1.29, 1.82) is 0 Å². The Balaban J connectivity index is 2.49. The van der Waals surface area contributed by atoms with Crippen LogP contribution in [-0.4, -0.2) is 18.7 Å². The fraction of sp³-hybridized carbons (Fsp3) is 0.250. The van der Waals surface area contributed by atoms with Crippen LogP contribution in [0, 0.1) is 20.8 Å². The maximum atomic E-state index is 4.60. The molecule has 0 aliphatic heterocycles. The monoisotopic (exact) mass is 251 g/mol. The van der Waals surface area contributed by atoms with E-state index in [-0.39, 0.29) is 0 Å². The Hall–Kier alpha value is -0.851. The Morgan fingerprint density at radius 3 is 2.14 bits per heavy atom. The summed E-state index contributed by atoms with van der Waals surface area (Å²) in [5.41, 5.74) is 5.12. The third kappa shape index (κ3) is 1.68. The molecule has 0 radical (unpaired) electrons. The van der Waals surface area contributed by atoms with Gasteiger partial charge in [-0.25, -0.2) is 0 Å². The summed E-state index contributed by atoms with van der Waals surface area (Å²) < 4.78 is 6.05. The summed E-state index contributed by atoms with van der Waals surface area (Å²) in [6, 6.07) is 8.61. The van der Waals surface area contributed by atoms with Crippen LogP contribution in [0.4, 0.5) is 0 Å². The summed E-state index contributed by atoms with van der Waals surface area (Å²) in [5.74, 6) is 0. The zero-order chi connectivity index (χ0) is 10.1. The van der Waals surface area contributed by atoms with E-state index < -0.39 is 0 Å². The molecular formula is C12H13NSe. The van der Waals surface area contributed by atoms with Gasteiger partial charge in [0.2, 0.25) is 0 Å². The first-order chi connectivity index (χ1) is 6.68. The van der Waals surface area contributed by atoms with Crippen molar-refractivity contribution in [3.63, 3.8) is 0 Å². The molecule has 1 aromatic heterocycles. The number of aromatic nitrogens is 1. The summed E-state index contributed by atoms with van der Waals surface area (Å²) >= 11 is 0.338. The molecule has 0 saturated heterocycles. The molecule has 0 spiro atoms. The molecule has 0 unspecified atom stereocenters. The van der Waals surface area contributed by atoms with Gasteiger partial charge in [0.05, 0.1) is 0 Å². The van der Waals surface area contributed by atoms with Crippen LogP contribution in [0.5, 0.6) is 0 Å². The van der Waals surface area contributed by atoms with E-state index in [2.05, 4.69) is 49.0 Å². The number of nitrogens with zero attached hydrogens (tertiary/aromatic N) is 1. The number of hydrogen-bond donors (Lipinski definition) is 0. The molecule has 1 aromatic carbocycles. The van der Waals surface area contributed by atoms with Gasteiger partial charge in [-0.3, -0.25) is 0 Å². The van der Waals surface area contributed by atoms with Crippen molar-refractivity contribution in [1.82, 2.24) is 3.98 Å². The average Bonchev–Trinajstić information content (AvgIpc) is 2.50. The zero-order valence-corrected chi connectivity index (χ0v) is 10.4. The Morgan fingerprint density at radius 1 is 1.00 bits per heavy atom. The molecule has 0 saturated carbocycles. The predicted molar refractivity (Wildman–Crippen MR) is 60.8 cm³/mol. The van der Waals surface area contributed by atoms with Gasteiger partial charge in [0, 0.05) is 0 Å². The molecule has 0 bridgehead atoms. The van der Waals surface area contributed by atoms with Crippen LogP contribution < -0.4 is 0 Å². The van der Waals surface area contributed by atoms with Crippen molar-refractivity contribution in [3.05, 3.63) is 39.8 Å². The number of aryl methyl sites for hydroxylation is 2. The van der Waals surface area contributed by atoms with E-state index in [1.54, 1.807) is 0 Å². The van der Waals surface area contributed by atoms with Crippen molar-refractivity contribution < 1.29 is 0 Å². The van der Waals surface area contributed by atoms with Crippen LogP contribution >= 0.6 is 0 Å². The first-order valence-electron chi connectivity index (χ1n) is 4.68. The van der Waals surface area contributed by atoms with Crippen LogP contribution in [0.15, 0.2) is 24.3 Å². The SMILES string of the molecule is Cc1ccc(-c2n[se]c(C)c2C)cc1. The Labute approximate surface area is 90.8 Å². The molecule has 2 heteroatoms. The van der Waals surface area contributed by atoms with E-state index in [1.807, 2.05) is 0 Å². The number of benzene rings is 1. The second kappa shape index (κ2) is 3.72. The molecule has 2 rings (SSSR count). The average molecular weight is 250 g/mol. The van der Waals surface area contributed by atoms with Gasteiger partial charge in [0.25, 0.3) is 0 Å². The van der Waals surface area contributed by atoms with Crippen molar-refractivity contribution in [2.45, 2.75) is 20.8 Å². The summed E-state index contributed by atoms with van der Waals surface area (Å²) in [6.07, 6.45) is 0. The molecule has 2 aromatic rings. The molecule has 1 heterocycles. The third-order valence-electron chi connectivity index (χ3n) is 2.48. The van der Waals surface area contributed by atoms with Gasteiger partial charge >= 0.3 is 90.6 Å². The van der Waals surface area contributed by atoms with Crippen molar-refractivity contribution in [2.24, 2.45) is 0 Å². The molecule has 0 amide bonds. The molecule has 0 atom stereocenters. The Bertz CT molecular complexity index is 440. The fourth-order valence-electron chi connectivity index (χ4n) is 1.40. The molecule has 14 heavy (non-hydrogen) atoms. The van der Waals surface area contributed by atoms with Gasteiger partial charge in [0.1, 0.15) is 0 Å². The summed E-state index contributed by atoms with van der Waals surface area (Å²) in [6.45, 7) is 6.46. The van der Waals surface area contributed by atoms with Crippen LogP contribution in [0.25, 0.3) is 11.3 Å². The fourth-order valence-corrected chi connectivity index (χ4v) is 2.88. The molecule has 1 nitrogen and oxygen atoms in total. The van der Waals surface area contributed by atoms with E-state index in [1.165, 1.54) is 26.8 Å². The summed E-state index contributed by atoms with van der Waals surface area (Å²) in [7, 11) is 0. The Kier molecular flexibility index (Phi) is 2.58. The van der Waals surface area contributed by atoms with Gasteiger partial charge in [-0.2, -0.15) is 0 Å². The second-order valence-corrected chi connectivity index (χ2v) is 5.63. The van der Waals surface area contributed by atoms with Gasteiger partial charge in [-0.05, 0) is 0 Å². The topological polar surface area (TPSA) is 12.9 Å². The number of rotatable bonds is 1. The van der Waals surface area contributed by atoms with Crippen LogP contribution in [0.1, 0.15) is 15.6 Å². The maximum absolute atomic E-state index is 4.60. The first-order valence-corrected chi connectivity index (χ1v) is 6.30. The van der Waals surface area contributed by atoms with Crippen molar-refractivity contribution in [2.75, 3.05) is 0 Å². The molecule has 0 N–H and O–H groups in total. The van der Waals surface area contributed by atoms with Crippen LogP contribution in [0.2, 0.25) is 0 Å². The molecule has 0 aliphatic rings. The first kappa shape index (κ1) is 9.69. The van der Waals surface area contributed by atoms with Crippen molar-refractivity contribution >= 4 is 14.7 Å². The van der Waals surface area contributed by atoms with Crippen LogP contribution in [0.3, 0.4) is 0 Å². The minimum absolute atomic E-state index is 0.338. The van der Waals surface area contributed by atoms with E-state index in [0.717, 1.165) is 0 Å². The second-order valence-electron chi connectivity index (χ2n) is 3.58. The molecule has 0 aliphatic carbocycles. The van der Waals surface area contributed by atoms with E-state index in [4.69, 9.17) is 0 Å². The minimum atomic E-state index is 0.338. The quantitative estimate of drug-likeness (QED) is 0.709. The van der Waals surface area contributed by atoms with E-state index in [9.17, 15) is 0 Å². The van der Waals surface area contributed by atoms with E-state index >= 15 is 0 Å². The molecular weight excluding hydrogens is 237 g/mol. The standard InChI is InChI=1S/C12H13NSe/c1-8-4-6-11(7-5-8)12-9(2)10(3)14-13-12/h4-7H,1-3H3. The number of hydrogen-bond acceptors (Lipinski definition) is 1. The Morgan fingerprint density at radius 2 is 1.64 bits per heavy atom. The van der Waals surface area contributed by atoms with E-state index in [0.29, 0.717) is 14.7 Å². The van der Waals surface area contributed by atoms with Gasteiger partial charge in [-0.1, -0.05) is 0 Å². The third-order valence-corrected chi connectivity index (χ3v) is 4.27. The predicted octanol–water partition coefficient (Wildman–Crippen LogP) is 2.73. The zero-order valence-electron chi connectivity index (χ0n) is 8.66. The van der Waals surface area contributed by atoms with Crippen LogP contribution in [-0.2, 0) is 0 Å².